The number of fused-ring (bicyclic) bond motifs is 1. The maximum atomic E-state index is 12.5. The first kappa shape index (κ1) is 14.4. The fraction of sp³-hybridized carbons (Fsp3) is 0.0476. The fourth-order valence-corrected chi connectivity index (χ4v) is 3.02. The minimum absolute atomic E-state index is 0.258. The Bertz CT molecular complexity index is 879. The van der Waals surface area contributed by atoms with E-state index in [1.54, 1.807) is 24.3 Å². The van der Waals surface area contributed by atoms with Gasteiger partial charge in [-0.1, -0.05) is 54.6 Å². The van der Waals surface area contributed by atoms with E-state index in [0.29, 0.717) is 16.8 Å². The van der Waals surface area contributed by atoms with Crippen molar-refractivity contribution < 1.29 is 9.59 Å². The van der Waals surface area contributed by atoms with Crippen molar-refractivity contribution in [1.29, 1.82) is 0 Å². The molecule has 0 saturated heterocycles. The SMILES string of the molecule is O=C1c2ccccc2C(=O)N1c1ccc(Cc2ccccc2)cc1. The van der Waals surface area contributed by atoms with Gasteiger partial charge in [-0.2, -0.15) is 0 Å². The number of rotatable bonds is 3. The summed E-state index contributed by atoms with van der Waals surface area (Å²) in [6, 6.07) is 24.7. The lowest BCUT2D eigenvalue weighted by atomic mass is 10.0. The van der Waals surface area contributed by atoms with Crippen LogP contribution in [0.15, 0.2) is 78.9 Å². The molecular formula is C21H15NO2. The zero-order valence-electron chi connectivity index (χ0n) is 13.0. The third-order valence-corrected chi connectivity index (χ3v) is 4.24. The summed E-state index contributed by atoms with van der Waals surface area (Å²) >= 11 is 0. The van der Waals surface area contributed by atoms with Crippen molar-refractivity contribution in [2.24, 2.45) is 0 Å². The molecule has 2 amide bonds. The van der Waals surface area contributed by atoms with Gasteiger partial charge in [-0.25, -0.2) is 4.90 Å². The number of hydrogen-bond acceptors (Lipinski definition) is 2. The Balaban J connectivity index is 1.60. The van der Waals surface area contributed by atoms with E-state index in [1.165, 1.54) is 10.5 Å². The van der Waals surface area contributed by atoms with Gasteiger partial charge in [-0.3, -0.25) is 9.59 Å². The van der Waals surface area contributed by atoms with Crippen LogP contribution in [0.5, 0.6) is 0 Å². The second-order valence-corrected chi connectivity index (χ2v) is 5.82. The van der Waals surface area contributed by atoms with Crippen molar-refractivity contribution in [3.63, 3.8) is 0 Å². The minimum Gasteiger partial charge on any atom is -0.268 e. The van der Waals surface area contributed by atoms with E-state index in [4.69, 9.17) is 0 Å². The molecular weight excluding hydrogens is 298 g/mol. The van der Waals surface area contributed by atoms with Crippen molar-refractivity contribution in [1.82, 2.24) is 0 Å². The second kappa shape index (κ2) is 5.78. The number of benzene rings is 3. The molecule has 0 atom stereocenters. The van der Waals surface area contributed by atoms with Crippen molar-refractivity contribution in [2.45, 2.75) is 6.42 Å². The lowest BCUT2D eigenvalue weighted by Crippen LogP contribution is -2.29. The number of amides is 2. The molecule has 0 radical (unpaired) electrons. The maximum Gasteiger partial charge on any atom is 0.266 e. The largest absolute Gasteiger partial charge is 0.268 e. The summed E-state index contributed by atoms with van der Waals surface area (Å²) in [5, 5.41) is 0. The monoisotopic (exact) mass is 313 g/mol. The molecule has 1 aliphatic heterocycles. The van der Waals surface area contributed by atoms with Gasteiger partial charge in [0.15, 0.2) is 0 Å². The number of hydrogen-bond donors (Lipinski definition) is 0. The van der Waals surface area contributed by atoms with Crippen LogP contribution in [0.4, 0.5) is 5.69 Å². The van der Waals surface area contributed by atoms with Gasteiger partial charge >= 0.3 is 0 Å². The first-order valence-electron chi connectivity index (χ1n) is 7.85. The lowest BCUT2D eigenvalue weighted by molar-refractivity contribution is 0.0926. The average Bonchev–Trinajstić information content (AvgIpc) is 2.88. The molecule has 3 aromatic rings. The molecule has 1 aliphatic rings. The molecule has 0 aliphatic carbocycles. The van der Waals surface area contributed by atoms with E-state index in [-0.39, 0.29) is 11.8 Å². The van der Waals surface area contributed by atoms with E-state index >= 15 is 0 Å². The summed E-state index contributed by atoms with van der Waals surface area (Å²) in [4.78, 5) is 26.2. The smallest absolute Gasteiger partial charge is 0.266 e. The molecule has 0 fully saturated rings. The van der Waals surface area contributed by atoms with Gasteiger partial charge in [0, 0.05) is 0 Å². The summed E-state index contributed by atoms with van der Waals surface area (Å²) in [5.41, 5.74) is 3.91. The molecule has 0 aromatic heterocycles. The molecule has 3 heteroatoms. The van der Waals surface area contributed by atoms with E-state index < -0.39 is 0 Å². The van der Waals surface area contributed by atoms with E-state index in [2.05, 4.69) is 12.1 Å². The number of carbonyl (C=O) groups is 2. The van der Waals surface area contributed by atoms with Crippen LogP contribution < -0.4 is 4.90 Å². The number of nitrogens with zero attached hydrogens (tertiary/aromatic N) is 1. The van der Waals surface area contributed by atoms with Crippen molar-refractivity contribution in [2.75, 3.05) is 4.90 Å². The normalized spacial score (nSPS) is 13.2. The molecule has 0 spiro atoms. The standard InChI is InChI=1S/C21H15NO2/c23-20-18-8-4-5-9-19(18)21(24)22(20)17-12-10-16(11-13-17)14-15-6-2-1-3-7-15/h1-13H,14H2. The van der Waals surface area contributed by atoms with Crippen LogP contribution in [0.2, 0.25) is 0 Å². The molecule has 4 rings (SSSR count). The zero-order chi connectivity index (χ0) is 16.5. The first-order valence-corrected chi connectivity index (χ1v) is 7.85. The molecule has 0 bridgehead atoms. The van der Waals surface area contributed by atoms with Crippen LogP contribution >= 0.6 is 0 Å². The molecule has 0 N–H and O–H groups in total. The van der Waals surface area contributed by atoms with Crippen molar-refractivity contribution in [3.05, 3.63) is 101 Å². The van der Waals surface area contributed by atoms with Gasteiger partial charge in [-0.05, 0) is 41.8 Å². The number of anilines is 1. The minimum atomic E-state index is -0.258. The highest BCUT2D eigenvalue weighted by Gasteiger charge is 2.36. The van der Waals surface area contributed by atoms with E-state index in [9.17, 15) is 9.59 Å². The van der Waals surface area contributed by atoms with Crippen LogP contribution in [0, 0.1) is 0 Å². The Morgan fingerprint density at radius 2 is 1.08 bits per heavy atom. The van der Waals surface area contributed by atoms with Crippen LogP contribution in [0.1, 0.15) is 31.8 Å². The summed E-state index contributed by atoms with van der Waals surface area (Å²) in [7, 11) is 0. The van der Waals surface area contributed by atoms with Gasteiger partial charge in [0.2, 0.25) is 0 Å². The Morgan fingerprint density at radius 1 is 0.583 bits per heavy atom. The Hall–Kier alpha value is -3.20. The molecule has 3 aromatic carbocycles. The first-order chi connectivity index (χ1) is 11.7. The quantitative estimate of drug-likeness (QED) is 0.683. The van der Waals surface area contributed by atoms with Gasteiger partial charge in [-0.15, -0.1) is 0 Å². The van der Waals surface area contributed by atoms with Gasteiger partial charge in [0.25, 0.3) is 11.8 Å². The molecule has 1 heterocycles. The molecule has 116 valence electrons. The third-order valence-electron chi connectivity index (χ3n) is 4.24. The van der Waals surface area contributed by atoms with Gasteiger partial charge < -0.3 is 0 Å². The van der Waals surface area contributed by atoms with E-state index in [0.717, 1.165) is 12.0 Å². The Labute approximate surface area is 140 Å². The highest BCUT2D eigenvalue weighted by molar-refractivity contribution is 6.34. The number of carbonyl (C=O) groups excluding carboxylic acids is 2. The summed E-state index contributed by atoms with van der Waals surface area (Å²) in [6.45, 7) is 0. The highest BCUT2D eigenvalue weighted by Crippen LogP contribution is 2.28. The predicted molar refractivity (Wildman–Crippen MR) is 93.3 cm³/mol. The second-order valence-electron chi connectivity index (χ2n) is 5.82. The van der Waals surface area contributed by atoms with Gasteiger partial charge in [0.1, 0.15) is 0 Å². The lowest BCUT2D eigenvalue weighted by Gasteiger charge is -2.14. The Kier molecular flexibility index (Phi) is 3.47. The van der Waals surface area contributed by atoms with Crippen molar-refractivity contribution >= 4 is 17.5 Å². The van der Waals surface area contributed by atoms with Crippen LogP contribution in [-0.2, 0) is 6.42 Å². The number of imide groups is 1. The summed E-state index contributed by atoms with van der Waals surface area (Å²) in [6.07, 6.45) is 0.823. The van der Waals surface area contributed by atoms with Crippen molar-refractivity contribution in [3.8, 4) is 0 Å². The summed E-state index contributed by atoms with van der Waals surface area (Å²) < 4.78 is 0. The molecule has 24 heavy (non-hydrogen) atoms. The van der Waals surface area contributed by atoms with E-state index in [1.807, 2.05) is 42.5 Å². The maximum absolute atomic E-state index is 12.5. The highest BCUT2D eigenvalue weighted by atomic mass is 16.2. The Morgan fingerprint density at radius 3 is 1.67 bits per heavy atom. The summed E-state index contributed by atoms with van der Waals surface area (Å²) in [5.74, 6) is -0.516. The predicted octanol–water partition coefficient (Wildman–Crippen LogP) is 4.08. The van der Waals surface area contributed by atoms with Crippen LogP contribution in [0.3, 0.4) is 0 Å². The van der Waals surface area contributed by atoms with Crippen LogP contribution in [0.25, 0.3) is 0 Å². The fourth-order valence-electron chi connectivity index (χ4n) is 3.02. The van der Waals surface area contributed by atoms with Gasteiger partial charge in [0.05, 0.1) is 16.8 Å². The molecule has 0 unspecified atom stereocenters. The average molecular weight is 313 g/mol. The van der Waals surface area contributed by atoms with Crippen LogP contribution in [-0.4, -0.2) is 11.8 Å². The third kappa shape index (κ3) is 2.40. The molecule has 0 saturated carbocycles. The zero-order valence-corrected chi connectivity index (χ0v) is 13.0. The molecule has 3 nitrogen and oxygen atoms in total. The topological polar surface area (TPSA) is 37.4 Å².